The van der Waals surface area contributed by atoms with Crippen LogP contribution in [0.5, 0.6) is 0 Å². The minimum Gasteiger partial charge on any atom is -0.390 e. The van der Waals surface area contributed by atoms with Crippen molar-refractivity contribution in [2.45, 2.75) is 45.4 Å². The molecule has 1 heterocycles. The van der Waals surface area contributed by atoms with Gasteiger partial charge < -0.3 is 15.0 Å². The molecule has 0 bridgehead atoms. The van der Waals surface area contributed by atoms with Crippen molar-refractivity contribution >= 4 is 45.0 Å². The third-order valence-corrected chi connectivity index (χ3v) is 5.28. The second-order valence-corrected chi connectivity index (χ2v) is 7.38. The van der Waals surface area contributed by atoms with Crippen molar-refractivity contribution in [2.24, 2.45) is 0 Å². The number of aromatic nitrogens is 1. The van der Waals surface area contributed by atoms with E-state index in [9.17, 15) is 5.11 Å². The average Bonchev–Trinajstić information content (AvgIpc) is 2.88. The first-order valence-corrected chi connectivity index (χ1v) is 9.57. The molecule has 3 rings (SSSR count). The second-order valence-electron chi connectivity index (χ2n) is 6.51. The molecule has 134 valence electrons. The Morgan fingerprint density at radius 3 is 1.96 bits per heavy atom. The van der Waals surface area contributed by atoms with Crippen molar-refractivity contribution in [2.75, 3.05) is 6.54 Å². The number of benzene rings is 2. The number of hydrogen-bond acceptors (Lipinski definition) is 2. The van der Waals surface area contributed by atoms with E-state index in [0.29, 0.717) is 29.2 Å². The molecule has 0 aliphatic rings. The minimum absolute atomic E-state index is 0.449. The van der Waals surface area contributed by atoms with Crippen molar-refractivity contribution in [3.05, 3.63) is 46.4 Å². The van der Waals surface area contributed by atoms with Crippen molar-refractivity contribution < 1.29 is 5.11 Å². The molecule has 5 heteroatoms. The molecule has 2 N–H and O–H groups in total. The number of fused-ring (bicyclic) bond motifs is 3. The summed E-state index contributed by atoms with van der Waals surface area (Å²) in [6, 6.07) is 12.2. The van der Waals surface area contributed by atoms with Gasteiger partial charge in [-0.2, -0.15) is 0 Å². The predicted octanol–water partition coefficient (Wildman–Crippen LogP) is 5.24. The van der Waals surface area contributed by atoms with E-state index in [0.717, 1.165) is 34.6 Å². The second kappa shape index (κ2) is 7.96. The fourth-order valence-corrected chi connectivity index (χ4v) is 3.74. The fourth-order valence-electron chi connectivity index (χ4n) is 3.40. The molecule has 0 aliphatic heterocycles. The van der Waals surface area contributed by atoms with Crippen molar-refractivity contribution in [3.8, 4) is 0 Å². The smallest absolute Gasteiger partial charge is 0.0843 e. The topological polar surface area (TPSA) is 37.2 Å². The Morgan fingerprint density at radius 1 is 0.960 bits per heavy atom. The average molecular weight is 379 g/mol. The van der Waals surface area contributed by atoms with Crippen LogP contribution in [0, 0.1) is 0 Å². The van der Waals surface area contributed by atoms with Gasteiger partial charge in [-0.05, 0) is 49.2 Å². The van der Waals surface area contributed by atoms with Gasteiger partial charge in [0.25, 0.3) is 0 Å². The van der Waals surface area contributed by atoms with Gasteiger partial charge in [0, 0.05) is 44.4 Å². The van der Waals surface area contributed by atoms with Crippen LogP contribution in [0.15, 0.2) is 36.4 Å². The number of aliphatic hydroxyl groups excluding tert-OH is 1. The maximum absolute atomic E-state index is 10.6. The summed E-state index contributed by atoms with van der Waals surface area (Å²) in [5.41, 5.74) is 2.12. The minimum atomic E-state index is -0.467. The van der Waals surface area contributed by atoms with Gasteiger partial charge in [-0.3, -0.25) is 0 Å². The van der Waals surface area contributed by atoms with Gasteiger partial charge in [-0.25, -0.2) is 0 Å². The fraction of sp³-hybridized carbons (Fsp3) is 0.400. The quantitative estimate of drug-likeness (QED) is 0.589. The molecule has 0 spiro atoms. The van der Waals surface area contributed by atoms with Crippen molar-refractivity contribution in [3.63, 3.8) is 0 Å². The Bertz CT molecular complexity index is 812. The van der Waals surface area contributed by atoms with E-state index in [1.165, 1.54) is 0 Å². The molecule has 2 aromatic carbocycles. The van der Waals surface area contributed by atoms with Gasteiger partial charge in [-0.1, -0.05) is 37.0 Å². The highest BCUT2D eigenvalue weighted by molar-refractivity contribution is 6.33. The van der Waals surface area contributed by atoms with Crippen molar-refractivity contribution in [1.82, 2.24) is 9.88 Å². The number of halogens is 2. The molecule has 3 nitrogen and oxygen atoms in total. The molecule has 0 radical (unpaired) electrons. The molecule has 1 unspecified atom stereocenters. The standard InChI is InChI=1S/C20H24Cl2N2O/c1-3-15(4-2)23-11-16(25)12-24-19-7-5-13(21)9-17(19)18-10-14(22)6-8-20(18)24/h5-10,15-16,23,25H,3-4,11-12H2,1-2H3. The summed E-state index contributed by atoms with van der Waals surface area (Å²) in [5.74, 6) is 0. The van der Waals surface area contributed by atoms with Gasteiger partial charge in [0.1, 0.15) is 0 Å². The number of hydrogen-bond donors (Lipinski definition) is 2. The molecule has 1 aromatic heterocycles. The molecule has 0 amide bonds. The van der Waals surface area contributed by atoms with Crippen LogP contribution >= 0.6 is 23.2 Å². The highest BCUT2D eigenvalue weighted by atomic mass is 35.5. The zero-order chi connectivity index (χ0) is 18.0. The summed E-state index contributed by atoms with van der Waals surface area (Å²) in [6.45, 7) is 5.42. The van der Waals surface area contributed by atoms with Crippen LogP contribution in [0.1, 0.15) is 26.7 Å². The monoisotopic (exact) mass is 378 g/mol. The Hall–Kier alpha value is -1.26. The van der Waals surface area contributed by atoms with Gasteiger partial charge in [-0.15, -0.1) is 0 Å². The Labute approximate surface area is 158 Å². The van der Waals surface area contributed by atoms with Crippen LogP contribution in [0.25, 0.3) is 21.8 Å². The molecule has 0 fully saturated rings. The lowest BCUT2D eigenvalue weighted by Gasteiger charge is -2.19. The van der Waals surface area contributed by atoms with Gasteiger partial charge >= 0.3 is 0 Å². The lowest BCUT2D eigenvalue weighted by atomic mass is 10.1. The van der Waals surface area contributed by atoms with Crippen LogP contribution < -0.4 is 5.32 Å². The van der Waals surface area contributed by atoms with Gasteiger partial charge in [0.2, 0.25) is 0 Å². The van der Waals surface area contributed by atoms with E-state index in [1.54, 1.807) is 0 Å². The largest absolute Gasteiger partial charge is 0.390 e. The summed E-state index contributed by atoms with van der Waals surface area (Å²) in [5, 5.41) is 17.5. The summed E-state index contributed by atoms with van der Waals surface area (Å²) in [6.07, 6.45) is 1.66. The maximum atomic E-state index is 10.6. The molecule has 0 aliphatic carbocycles. The first-order chi connectivity index (χ1) is 12.0. The molecule has 0 saturated heterocycles. The summed E-state index contributed by atoms with van der Waals surface area (Å²) >= 11 is 12.4. The maximum Gasteiger partial charge on any atom is 0.0843 e. The molecule has 1 atom stereocenters. The predicted molar refractivity (Wildman–Crippen MR) is 108 cm³/mol. The van der Waals surface area contributed by atoms with Crippen LogP contribution in [-0.2, 0) is 6.54 Å². The third-order valence-electron chi connectivity index (χ3n) is 4.81. The SMILES string of the molecule is CCC(CC)NCC(O)Cn1c2ccc(Cl)cc2c2cc(Cl)ccc21. The molecule has 3 aromatic rings. The highest BCUT2D eigenvalue weighted by Gasteiger charge is 2.15. The molecular weight excluding hydrogens is 355 g/mol. The van der Waals surface area contributed by atoms with Crippen LogP contribution in [0.4, 0.5) is 0 Å². The normalized spacial score (nSPS) is 13.2. The van der Waals surface area contributed by atoms with Crippen molar-refractivity contribution in [1.29, 1.82) is 0 Å². The van der Waals surface area contributed by atoms with E-state index in [2.05, 4.69) is 23.7 Å². The zero-order valence-electron chi connectivity index (χ0n) is 14.6. The number of rotatable bonds is 7. The molecular formula is C20H24Cl2N2O. The molecule has 25 heavy (non-hydrogen) atoms. The Balaban J connectivity index is 1.94. The van der Waals surface area contributed by atoms with Gasteiger partial charge in [0.15, 0.2) is 0 Å². The third kappa shape index (κ3) is 3.95. The van der Waals surface area contributed by atoms with Crippen LogP contribution in [0.2, 0.25) is 10.0 Å². The number of nitrogens with one attached hydrogen (secondary N) is 1. The first kappa shape index (κ1) is 18.5. The summed E-state index contributed by atoms with van der Waals surface area (Å²) in [4.78, 5) is 0. The lowest BCUT2D eigenvalue weighted by molar-refractivity contribution is 0.149. The number of nitrogens with zero attached hydrogens (tertiary/aromatic N) is 1. The van der Waals surface area contributed by atoms with E-state index in [4.69, 9.17) is 23.2 Å². The lowest BCUT2D eigenvalue weighted by Crippen LogP contribution is -2.36. The van der Waals surface area contributed by atoms with Crippen LogP contribution in [-0.4, -0.2) is 28.4 Å². The summed E-state index contributed by atoms with van der Waals surface area (Å²) in [7, 11) is 0. The first-order valence-electron chi connectivity index (χ1n) is 8.82. The number of aliphatic hydroxyl groups is 1. The van der Waals surface area contributed by atoms with E-state index in [-0.39, 0.29) is 0 Å². The summed E-state index contributed by atoms with van der Waals surface area (Å²) < 4.78 is 2.15. The van der Waals surface area contributed by atoms with Gasteiger partial charge in [0.05, 0.1) is 12.6 Å². The zero-order valence-corrected chi connectivity index (χ0v) is 16.1. The highest BCUT2D eigenvalue weighted by Crippen LogP contribution is 2.32. The van der Waals surface area contributed by atoms with Crippen LogP contribution in [0.3, 0.4) is 0 Å². The van der Waals surface area contributed by atoms with E-state index in [1.807, 2.05) is 36.4 Å². The van der Waals surface area contributed by atoms with E-state index < -0.39 is 6.10 Å². The Kier molecular flexibility index (Phi) is 5.90. The Morgan fingerprint density at radius 2 is 1.48 bits per heavy atom. The van der Waals surface area contributed by atoms with E-state index >= 15 is 0 Å². The molecule has 0 saturated carbocycles.